The molecule has 1 saturated heterocycles. The molecule has 1 atom stereocenters. The lowest BCUT2D eigenvalue weighted by Gasteiger charge is -2.19. The van der Waals surface area contributed by atoms with Gasteiger partial charge >= 0.3 is 0 Å². The van der Waals surface area contributed by atoms with Gasteiger partial charge in [0.1, 0.15) is 5.52 Å². The van der Waals surface area contributed by atoms with Crippen LogP contribution in [0.3, 0.4) is 0 Å². The first-order valence-electron chi connectivity index (χ1n) is 8.98. The molecular formula is C19H22N4O. The minimum Gasteiger partial charge on any atom is -0.439 e. The monoisotopic (exact) mass is 322 g/mol. The zero-order valence-corrected chi connectivity index (χ0v) is 13.8. The molecule has 0 amide bonds. The maximum Gasteiger partial charge on any atom is 0.209 e. The first kappa shape index (κ1) is 14.2. The number of aryl methyl sites for hydroxylation is 1. The molecule has 1 aliphatic heterocycles. The van der Waals surface area contributed by atoms with Gasteiger partial charge in [-0.1, -0.05) is 12.1 Å². The zero-order valence-electron chi connectivity index (χ0n) is 13.8. The van der Waals surface area contributed by atoms with Crippen LogP contribution in [0, 0.1) is 0 Å². The van der Waals surface area contributed by atoms with Crippen molar-refractivity contribution in [3.05, 3.63) is 47.9 Å². The van der Waals surface area contributed by atoms with Gasteiger partial charge in [0.25, 0.3) is 0 Å². The van der Waals surface area contributed by atoms with Gasteiger partial charge in [-0.05, 0) is 44.2 Å². The maximum atomic E-state index is 5.87. The lowest BCUT2D eigenvalue weighted by Crippen LogP contribution is -2.22. The van der Waals surface area contributed by atoms with Crippen molar-refractivity contribution >= 4 is 11.1 Å². The Hall–Kier alpha value is -2.14. The van der Waals surface area contributed by atoms with Crippen LogP contribution in [0.2, 0.25) is 0 Å². The number of imidazole rings is 1. The van der Waals surface area contributed by atoms with E-state index in [1.807, 2.05) is 24.3 Å². The largest absolute Gasteiger partial charge is 0.439 e. The van der Waals surface area contributed by atoms with Crippen LogP contribution in [-0.2, 0) is 19.4 Å². The van der Waals surface area contributed by atoms with Gasteiger partial charge in [-0.2, -0.15) is 0 Å². The molecule has 5 rings (SSSR count). The van der Waals surface area contributed by atoms with Crippen LogP contribution in [0.25, 0.3) is 11.1 Å². The standard InChI is InChI=1S/C19H22N4O/c1-3-7-17-15(5-1)20-13-23(17)14-9-10-22(11-14)12-19-21-16-6-2-4-8-18(16)24-19/h2,4,6,8,13-14H,1,3,5,7,9-12H2/t14-/m1/s1. The predicted molar refractivity (Wildman–Crippen MR) is 91.8 cm³/mol. The number of oxazole rings is 1. The number of rotatable bonds is 3. The van der Waals surface area contributed by atoms with Gasteiger partial charge < -0.3 is 8.98 Å². The number of benzene rings is 1. The smallest absolute Gasteiger partial charge is 0.209 e. The highest BCUT2D eigenvalue weighted by atomic mass is 16.3. The molecule has 0 spiro atoms. The first-order valence-corrected chi connectivity index (χ1v) is 8.98. The Kier molecular flexibility index (Phi) is 3.40. The van der Waals surface area contributed by atoms with Crippen molar-refractivity contribution in [1.82, 2.24) is 19.4 Å². The summed E-state index contributed by atoms with van der Waals surface area (Å²) >= 11 is 0. The van der Waals surface area contributed by atoms with Gasteiger partial charge in [0.05, 0.1) is 18.6 Å². The number of para-hydroxylation sites is 2. The molecule has 1 aromatic carbocycles. The summed E-state index contributed by atoms with van der Waals surface area (Å²) < 4.78 is 8.32. The van der Waals surface area contributed by atoms with Crippen LogP contribution in [0.4, 0.5) is 0 Å². The summed E-state index contributed by atoms with van der Waals surface area (Å²) in [7, 11) is 0. The fourth-order valence-corrected chi connectivity index (χ4v) is 4.17. The molecule has 124 valence electrons. The summed E-state index contributed by atoms with van der Waals surface area (Å²) in [5.41, 5.74) is 4.65. The number of hydrogen-bond donors (Lipinski definition) is 0. The number of fused-ring (bicyclic) bond motifs is 2. The second kappa shape index (κ2) is 5.74. The molecule has 0 N–H and O–H groups in total. The Morgan fingerprint density at radius 1 is 1.17 bits per heavy atom. The summed E-state index contributed by atoms with van der Waals surface area (Å²) in [6.45, 7) is 2.94. The quantitative estimate of drug-likeness (QED) is 0.742. The summed E-state index contributed by atoms with van der Waals surface area (Å²) in [5, 5.41) is 0. The summed E-state index contributed by atoms with van der Waals surface area (Å²) in [6, 6.07) is 8.53. The second-order valence-electron chi connectivity index (χ2n) is 7.01. The van der Waals surface area contributed by atoms with Crippen molar-refractivity contribution < 1.29 is 4.42 Å². The molecule has 3 heterocycles. The molecule has 0 saturated carbocycles. The first-order chi connectivity index (χ1) is 11.9. The predicted octanol–water partition coefficient (Wildman–Crippen LogP) is 3.35. The average molecular weight is 322 g/mol. The van der Waals surface area contributed by atoms with Crippen molar-refractivity contribution in [1.29, 1.82) is 0 Å². The van der Waals surface area contributed by atoms with Crippen molar-refractivity contribution in [3.63, 3.8) is 0 Å². The molecule has 0 bridgehead atoms. The van der Waals surface area contributed by atoms with Crippen LogP contribution < -0.4 is 0 Å². The normalized spacial score (nSPS) is 21.4. The van der Waals surface area contributed by atoms with E-state index in [1.165, 1.54) is 37.1 Å². The van der Waals surface area contributed by atoms with Gasteiger partial charge in [-0.15, -0.1) is 0 Å². The van der Waals surface area contributed by atoms with Gasteiger partial charge in [0.2, 0.25) is 5.89 Å². The minimum absolute atomic E-state index is 0.545. The SMILES string of the molecule is c1ccc2oc(CN3CC[C@@H](n4cnc5c4CCCC5)C3)nc2c1. The molecule has 0 unspecified atom stereocenters. The van der Waals surface area contributed by atoms with E-state index in [1.54, 1.807) is 0 Å². The maximum absolute atomic E-state index is 5.87. The zero-order chi connectivity index (χ0) is 15.9. The molecule has 5 nitrogen and oxygen atoms in total. The van der Waals surface area contributed by atoms with Crippen molar-refractivity contribution in [3.8, 4) is 0 Å². The van der Waals surface area contributed by atoms with E-state index >= 15 is 0 Å². The summed E-state index contributed by atoms with van der Waals surface area (Å²) in [5.74, 6) is 0.824. The number of aromatic nitrogens is 3. The van der Waals surface area contributed by atoms with Gasteiger partial charge in [-0.25, -0.2) is 9.97 Å². The third kappa shape index (κ3) is 2.44. The van der Waals surface area contributed by atoms with E-state index in [0.29, 0.717) is 6.04 Å². The van der Waals surface area contributed by atoms with Crippen LogP contribution in [0.1, 0.15) is 42.6 Å². The van der Waals surface area contributed by atoms with Crippen LogP contribution in [0.5, 0.6) is 0 Å². The fraction of sp³-hybridized carbons (Fsp3) is 0.474. The average Bonchev–Trinajstić information content (AvgIpc) is 3.31. The van der Waals surface area contributed by atoms with E-state index in [9.17, 15) is 0 Å². The fourth-order valence-electron chi connectivity index (χ4n) is 4.17. The lowest BCUT2D eigenvalue weighted by atomic mass is 10.0. The molecule has 3 aromatic rings. The van der Waals surface area contributed by atoms with E-state index in [0.717, 1.165) is 43.0 Å². The van der Waals surface area contributed by atoms with E-state index in [-0.39, 0.29) is 0 Å². The number of likely N-dealkylation sites (tertiary alicyclic amines) is 1. The molecular weight excluding hydrogens is 300 g/mol. The molecule has 5 heteroatoms. The summed E-state index contributed by atoms with van der Waals surface area (Å²) in [6.07, 6.45) is 8.20. The second-order valence-corrected chi connectivity index (χ2v) is 7.01. The molecule has 0 radical (unpaired) electrons. The highest BCUT2D eigenvalue weighted by molar-refractivity contribution is 5.72. The summed E-state index contributed by atoms with van der Waals surface area (Å²) in [4.78, 5) is 11.7. The van der Waals surface area contributed by atoms with Crippen LogP contribution >= 0.6 is 0 Å². The Morgan fingerprint density at radius 3 is 3.04 bits per heavy atom. The molecule has 1 fully saturated rings. The van der Waals surface area contributed by atoms with E-state index in [2.05, 4.69) is 25.8 Å². The Bertz CT molecular complexity index is 832. The minimum atomic E-state index is 0.545. The van der Waals surface area contributed by atoms with Crippen LogP contribution in [0.15, 0.2) is 35.0 Å². The Labute approximate surface area is 141 Å². The number of nitrogens with zero attached hydrogens (tertiary/aromatic N) is 4. The lowest BCUT2D eigenvalue weighted by molar-refractivity contribution is 0.283. The topological polar surface area (TPSA) is 47.1 Å². The highest BCUT2D eigenvalue weighted by Crippen LogP contribution is 2.29. The molecule has 2 aliphatic rings. The van der Waals surface area contributed by atoms with Crippen molar-refractivity contribution in [2.75, 3.05) is 13.1 Å². The Morgan fingerprint density at radius 2 is 2.08 bits per heavy atom. The van der Waals surface area contributed by atoms with Crippen LogP contribution in [-0.4, -0.2) is 32.5 Å². The highest BCUT2D eigenvalue weighted by Gasteiger charge is 2.28. The Balaban J connectivity index is 1.31. The van der Waals surface area contributed by atoms with Gasteiger partial charge in [0.15, 0.2) is 5.58 Å². The molecule has 24 heavy (non-hydrogen) atoms. The molecule has 1 aliphatic carbocycles. The van der Waals surface area contributed by atoms with E-state index in [4.69, 9.17) is 4.42 Å². The van der Waals surface area contributed by atoms with Gasteiger partial charge in [0, 0.05) is 24.8 Å². The third-order valence-electron chi connectivity index (χ3n) is 5.40. The van der Waals surface area contributed by atoms with Crippen molar-refractivity contribution in [2.45, 2.75) is 44.7 Å². The number of hydrogen-bond acceptors (Lipinski definition) is 4. The molecule has 2 aromatic heterocycles. The van der Waals surface area contributed by atoms with Gasteiger partial charge in [-0.3, -0.25) is 4.90 Å². The third-order valence-corrected chi connectivity index (χ3v) is 5.40. The van der Waals surface area contributed by atoms with Crippen molar-refractivity contribution in [2.24, 2.45) is 0 Å². The van der Waals surface area contributed by atoms with E-state index < -0.39 is 0 Å².